The standard InChI is InChI=1S/C14H17B3N4O3/c1-4-19-11-9(7(18)2-5(15)10(11)17)14(24)21(4)8-3-6(16)12(22)20-13(8)23/h2,6,8H,3,15-18H2,1H3,(H,20,22,23). The third-order valence-electron chi connectivity index (χ3n) is 4.78. The number of imide groups is 1. The Bertz CT molecular complexity index is 957. The number of aryl methyl sites for hydroxylation is 1. The third kappa shape index (κ3) is 2.33. The van der Waals surface area contributed by atoms with Gasteiger partial charge >= 0.3 is 0 Å². The largest absolute Gasteiger partial charge is 0.398 e. The molecule has 0 saturated carbocycles. The number of piperidine rings is 1. The van der Waals surface area contributed by atoms with E-state index in [0.717, 1.165) is 10.9 Å². The van der Waals surface area contributed by atoms with Crippen molar-refractivity contribution in [3.8, 4) is 0 Å². The summed E-state index contributed by atoms with van der Waals surface area (Å²) in [6, 6.07) is 0.983. The van der Waals surface area contributed by atoms with Gasteiger partial charge in [-0.3, -0.25) is 24.3 Å². The Morgan fingerprint density at radius 3 is 2.62 bits per heavy atom. The van der Waals surface area contributed by atoms with E-state index in [2.05, 4.69) is 10.3 Å². The lowest BCUT2D eigenvalue weighted by Gasteiger charge is -2.28. The summed E-state index contributed by atoms with van der Waals surface area (Å²) in [5.74, 6) is -0.720. The summed E-state index contributed by atoms with van der Waals surface area (Å²) >= 11 is 0. The van der Waals surface area contributed by atoms with Gasteiger partial charge in [-0.2, -0.15) is 0 Å². The molecule has 0 radical (unpaired) electrons. The molecule has 2 amide bonds. The lowest BCUT2D eigenvalue weighted by Crippen LogP contribution is -2.48. The average Bonchev–Trinajstić information content (AvgIpc) is 2.49. The first kappa shape index (κ1) is 16.4. The van der Waals surface area contributed by atoms with Gasteiger partial charge in [-0.25, -0.2) is 4.98 Å². The maximum atomic E-state index is 13.0. The minimum absolute atomic E-state index is 0.267. The van der Waals surface area contributed by atoms with Gasteiger partial charge in [0.25, 0.3) is 5.56 Å². The number of carbonyl (C=O) groups excluding carboxylic acids is 2. The zero-order valence-electron chi connectivity index (χ0n) is 14.1. The van der Waals surface area contributed by atoms with Crippen LogP contribution in [0.5, 0.6) is 0 Å². The van der Waals surface area contributed by atoms with E-state index in [-0.39, 0.29) is 23.7 Å². The Labute approximate surface area is 141 Å². The molecule has 1 aromatic carbocycles. The van der Waals surface area contributed by atoms with Crippen LogP contribution in [0.2, 0.25) is 5.82 Å². The molecule has 1 aliphatic rings. The van der Waals surface area contributed by atoms with Gasteiger partial charge in [0, 0.05) is 11.5 Å². The number of aromatic nitrogens is 2. The van der Waals surface area contributed by atoms with Crippen molar-refractivity contribution < 1.29 is 9.59 Å². The summed E-state index contributed by atoms with van der Waals surface area (Å²) in [7, 11) is 5.53. The number of nitrogen functional groups attached to an aromatic ring is 1. The van der Waals surface area contributed by atoms with Gasteiger partial charge in [0.15, 0.2) is 0 Å². The van der Waals surface area contributed by atoms with Crippen molar-refractivity contribution in [3.63, 3.8) is 0 Å². The Balaban J connectivity index is 2.29. The Morgan fingerprint density at radius 2 is 1.96 bits per heavy atom. The zero-order chi connectivity index (χ0) is 17.8. The highest BCUT2D eigenvalue weighted by Gasteiger charge is 2.35. The molecule has 120 valence electrons. The summed E-state index contributed by atoms with van der Waals surface area (Å²) in [4.78, 5) is 41.5. The molecule has 3 rings (SSSR count). The fourth-order valence-electron chi connectivity index (χ4n) is 3.24. The summed E-state index contributed by atoms with van der Waals surface area (Å²) in [5, 5.41) is 2.64. The number of benzene rings is 1. The van der Waals surface area contributed by atoms with Gasteiger partial charge in [0.05, 0.1) is 10.9 Å². The first-order chi connectivity index (χ1) is 11.2. The number of amides is 2. The van der Waals surface area contributed by atoms with E-state index in [0.29, 0.717) is 22.4 Å². The van der Waals surface area contributed by atoms with Gasteiger partial charge in [-0.15, -0.1) is 0 Å². The Morgan fingerprint density at radius 1 is 1.29 bits per heavy atom. The molecule has 2 atom stereocenters. The number of fused-ring (bicyclic) bond motifs is 1. The van der Waals surface area contributed by atoms with Crippen LogP contribution in [-0.2, 0) is 9.59 Å². The lowest BCUT2D eigenvalue weighted by molar-refractivity contribution is -0.135. The lowest BCUT2D eigenvalue weighted by atomic mass is 9.78. The molecule has 7 nitrogen and oxygen atoms in total. The van der Waals surface area contributed by atoms with Gasteiger partial charge < -0.3 is 5.73 Å². The van der Waals surface area contributed by atoms with Crippen LogP contribution < -0.4 is 27.5 Å². The number of hydrogen-bond acceptors (Lipinski definition) is 5. The van der Waals surface area contributed by atoms with Gasteiger partial charge in [0.2, 0.25) is 11.8 Å². The fourth-order valence-corrected chi connectivity index (χ4v) is 3.24. The van der Waals surface area contributed by atoms with E-state index < -0.39 is 11.9 Å². The molecule has 1 fully saturated rings. The van der Waals surface area contributed by atoms with Crippen molar-refractivity contribution in [2.24, 2.45) is 0 Å². The zero-order valence-corrected chi connectivity index (χ0v) is 14.1. The van der Waals surface area contributed by atoms with Crippen molar-refractivity contribution in [2.75, 3.05) is 5.73 Å². The monoisotopic (exact) mass is 322 g/mol. The van der Waals surface area contributed by atoms with Crippen LogP contribution >= 0.6 is 0 Å². The minimum atomic E-state index is -0.761. The second-order valence-electron chi connectivity index (χ2n) is 6.47. The molecule has 3 N–H and O–H groups in total. The normalized spacial score (nSPS) is 21.0. The highest BCUT2D eigenvalue weighted by atomic mass is 16.2. The Hall–Kier alpha value is -2.51. The van der Waals surface area contributed by atoms with Crippen LogP contribution in [0.3, 0.4) is 0 Å². The highest BCUT2D eigenvalue weighted by Crippen LogP contribution is 2.25. The quantitative estimate of drug-likeness (QED) is 0.315. The van der Waals surface area contributed by atoms with Crippen LogP contribution in [0.4, 0.5) is 5.69 Å². The van der Waals surface area contributed by atoms with Crippen LogP contribution in [-0.4, -0.2) is 44.9 Å². The molecular formula is C14H17B3N4O3. The first-order valence-electron chi connectivity index (χ1n) is 7.85. The SMILES string of the molecule is Bc1cc(N)c2c(=O)n(C3CC(B)C(=O)NC3=O)c(C)nc2c1B. The first-order valence-corrected chi connectivity index (χ1v) is 7.85. The maximum Gasteiger partial charge on any atom is 0.264 e. The van der Waals surface area contributed by atoms with E-state index in [9.17, 15) is 14.4 Å². The van der Waals surface area contributed by atoms with Gasteiger partial charge in [0.1, 0.15) is 35.4 Å². The number of nitrogens with two attached hydrogens (primary N) is 1. The Kier molecular flexibility index (Phi) is 3.78. The molecule has 1 aromatic heterocycles. The van der Waals surface area contributed by atoms with E-state index in [4.69, 9.17) is 5.73 Å². The number of anilines is 1. The molecule has 0 aliphatic carbocycles. The summed E-state index contributed by atoms with van der Waals surface area (Å²) in [6.45, 7) is 1.69. The topological polar surface area (TPSA) is 107 Å². The van der Waals surface area contributed by atoms with Crippen LogP contribution in [0.25, 0.3) is 10.9 Å². The molecule has 0 bridgehead atoms. The smallest absolute Gasteiger partial charge is 0.264 e. The van der Waals surface area contributed by atoms with E-state index in [1.165, 1.54) is 4.57 Å². The number of nitrogens with one attached hydrogen (secondary N) is 1. The average molecular weight is 322 g/mol. The van der Waals surface area contributed by atoms with E-state index in [1.54, 1.807) is 20.8 Å². The molecule has 0 spiro atoms. The fraction of sp³-hybridized carbons (Fsp3) is 0.286. The maximum absolute atomic E-state index is 13.0. The minimum Gasteiger partial charge on any atom is -0.398 e. The molecule has 1 aliphatic heterocycles. The van der Waals surface area contributed by atoms with Crippen LogP contribution in [0, 0.1) is 6.92 Å². The summed E-state index contributed by atoms with van der Waals surface area (Å²) in [5.41, 5.74) is 8.46. The predicted molar refractivity (Wildman–Crippen MR) is 101 cm³/mol. The van der Waals surface area contributed by atoms with Crippen LogP contribution in [0.15, 0.2) is 10.9 Å². The molecule has 2 unspecified atom stereocenters. The second kappa shape index (κ2) is 5.54. The van der Waals surface area contributed by atoms with Gasteiger partial charge in [-0.05, 0) is 19.4 Å². The molecular weight excluding hydrogens is 305 g/mol. The number of nitrogens with zero attached hydrogens (tertiary/aromatic N) is 2. The second-order valence-corrected chi connectivity index (χ2v) is 6.47. The molecule has 24 heavy (non-hydrogen) atoms. The number of carbonyl (C=O) groups is 2. The van der Waals surface area contributed by atoms with Crippen LogP contribution in [0.1, 0.15) is 18.3 Å². The molecule has 2 heterocycles. The third-order valence-corrected chi connectivity index (χ3v) is 4.78. The van der Waals surface area contributed by atoms with E-state index >= 15 is 0 Å². The van der Waals surface area contributed by atoms with Crippen molar-refractivity contribution in [3.05, 3.63) is 22.2 Å². The molecule has 1 saturated heterocycles. The van der Waals surface area contributed by atoms with E-state index in [1.807, 2.05) is 15.7 Å². The van der Waals surface area contributed by atoms with Crippen molar-refractivity contribution in [2.45, 2.75) is 25.2 Å². The predicted octanol–water partition coefficient (Wildman–Crippen LogP) is -4.19. The van der Waals surface area contributed by atoms with Crippen molar-refractivity contribution >= 4 is 62.9 Å². The summed E-state index contributed by atoms with van der Waals surface area (Å²) < 4.78 is 1.35. The number of hydrogen-bond donors (Lipinski definition) is 2. The van der Waals surface area contributed by atoms with Gasteiger partial charge in [-0.1, -0.05) is 10.9 Å². The molecule has 10 heteroatoms. The highest BCUT2D eigenvalue weighted by molar-refractivity contribution is 6.52. The summed E-state index contributed by atoms with van der Waals surface area (Å²) in [6.07, 6.45) is 0.267. The number of rotatable bonds is 1. The molecule has 2 aromatic rings. The van der Waals surface area contributed by atoms with Crippen molar-refractivity contribution in [1.29, 1.82) is 0 Å². The van der Waals surface area contributed by atoms with Crippen molar-refractivity contribution in [1.82, 2.24) is 14.9 Å².